The Labute approximate surface area is 163 Å². The van der Waals surface area contributed by atoms with E-state index in [0.717, 1.165) is 0 Å². The second-order valence-corrected chi connectivity index (χ2v) is 26.4. The molecule has 0 aliphatic heterocycles. The zero-order chi connectivity index (χ0) is 21.0. The van der Waals surface area contributed by atoms with E-state index in [-0.39, 0.29) is 5.57 Å². The van der Waals surface area contributed by atoms with Gasteiger partial charge in [0.05, 0.1) is 0 Å². The average molecular weight is 439 g/mol. The van der Waals surface area contributed by atoms with Crippen LogP contribution in [0.4, 0.5) is 0 Å². The molecule has 0 amide bonds. The number of hydrogen-bond donors (Lipinski definition) is 0. The van der Waals surface area contributed by atoms with Gasteiger partial charge in [-0.05, 0) is 72.3 Å². The van der Waals surface area contributed by atoms with Crippen molar-refractivity contribution < 1.29 is 26.9 Å². The standard InChI is InChI=1S/C16H38O6Si4/c1-13-15(18-19-16(17)14(2)3)26(20-23(4,5)6,21-24(7,8)9)22-25(10,11)12/h15H,2,13H2,1,3-12H3. The van der Waals surface area contributed by atoms with Crippen LogP contribution in [0.2, 0.25) is 58.9 Å². The molecule has 0 saturated heterocycles. The summed E-state index contributed by atoms with van der Waals surface area (Å²) >= 11 is 0. The van der Waals surface area contributed by atoms with E-state index in [9.17, 15) is 4.79 Å². The highest BCUT2D eigenvalue weighted by molar-refractivity contribution is 6.90. The van der Waals surface area contributed by atoms with E-state index in [1.54, 1.807) is 6.92 Å². The van der Waals surface area contributed by atoms with E-state index in [0.29, 0.717) is 6.42 Å². The molecule has 0 aromatic rings. The van der Waals surface area contributed by atoms with Crippen molar-refractivity contribution in [2.45, 2.75) is 84.9 Å². The van der Waals surface area contributed by atoms with E-state index in [2.05, 4.69) is 65.5 Å². The van der Waals surface area contributed by atoms with Crippen LogP contribution in [0.1, 0.15) is 20.3 Å². The second-order valence-electron chi connectivity index (χ2n) is 9.39. The number of carbonyl (C=O) groups is 1. The van der Waals surface area contributed by atoms with Crippen LogP contribution in [-0.2, 0) is 26.9 Å². The quantitative estimate of drug-likeness (QED) is 0.199. The Morgan fingerprint density at radius 2 is 1.19 bits per heavy atom. The fraction of sp³-hybridized carbons (Fsp3) is 0.812. The predicted molar refractivity (Wildman–Crippen MR) is 115 cm³/mol. The molecule has 0 saturated carbocycles. The van der Waals surface area contributed by atoms with Crippen molar-refractivity contribution in [1.82, 2.24) is 0 Å². The molecular formula is C16H38O6Si4. The monoisotopic (exact) mass is 438 g/mol. The minimum Gasteiger partial charge on any atom is -0.415 e. The highest BCUT2D eigenvalue weighted by atomic mass is 28.5. The van der Waals surface area contributed by atoms with E-state index < -0.39 is 45.5 Å². The Balaban J connectivity index is 5.99. The van der Waals surface area contributed by atoms with Gasteiger partial charge in [-0.25, -0.2) is 4.79 Å². The molecular weight excluding hydrogens is 401 g/mol. The van der Waals surface area contributed by atoms with E-state index in [1.165, 1.54) is 0 Å². The molecule has 0 rings (SSSR count). The highest BCUT2D eigenvalue weighted by Crippen LogP contribution is 2.31. The smallest absolute Gasteiger partial charge is 0.415 e. The lowest BCUT2D eigenvalue weighted by atomic mass is 10.4. The third-order valence-electron chi connectivity index (χ3n) is 2.70. The summed E-state index contributed by atoms with van der Waals surface area (Å²) in [6.45, 7) is 26.0. The number of carbonyl (C=O) groups excluding carboxylic acids is 1. The molecule has 0 radical (unpaired) electrons. The average Bonchev–Trinajstić information content (AvgIpc) is 2.31. The minimum absolute atomic E-state index is 0.274. The molecule has 1 atom stereocenters. The van der Waals surface area contributed by atoms with Gasteiger partial charge in [0.2, 0.25) is 0 Å². The molecule has 154 valence electrons. The Hall–Kier alpha value is -0.0825. The molecule has 0 N–H and O–H groups in total. The van der Waals surface area contributed by atoms with Crippen LogP contribution < -0.4 is 0 Å². The van der Waals surface area contributed by atoms with Gasteiger partial charge < -0.3 is 12.3 Å². The second kappa shape index (κ2) is 9.41. The first kappa shape index (κ1) is 25.9. The third-order valence-corrected chi connectivity index (χ3v) is 14.8. The Kier molecular flexibility index (Phi) is 9.38. The van der Waals surface area contributed by atoms with Gasteiger partial charge in [-0.1, -0.05) is 13.5 Å². The summed E-state index contributed by atoms with van der Waals surface area (Å²) in [4.78, 5) is 22.4. The van der Waals surface area contributed by atoms with Crippen molar-refractivity contribution in [3.8, 4) is 0 Å². The Morgan fingerprint density at radius 1 is 0.846 bits per heavy atom. The highest BCUT2D eigenvalue weighted by Gasteiger charge is 2.57. The zero-order valence-electron chi connectivity index (χ0n) is 18.4. The van der Waals surface area contributed by atoms with Gasteiger partial charge in [-0.15, -0.1) is 0 Å². The summed E-state index contributed by atoms with van der Waals surface area (Å²) in [6, 6.07) is 0. The lowest BCUT2D eigenvalue weighted by molar-refractivity contribution is -0.286. The summed E-state index contributed by atoms with van der Waals surface area (Å²) in [5.41, 5.74) is -0.300. The molecule has 26 heavy (non-hydrogen) atoms. The van der Waals surface area contributed by atoms with Gasteiger partial charge >= 0.3 is 14.8 Å². The SMILES string of the molecule is C=C(C)C(=O)OOC(CC)[Si](O[Si](C)(C)C)(O[Si](C)(C)C)O[Si](C)(C)C. The van der Waals surface area contributed by atoms with Crippen LogP contribution in [0, 0.1) is 0 Å². The van der Waals surface area contributed by atoms with Crippen molar-refractivity contribution >= 4 is 39.7 Å². The molecule has 0 aliphatic carbocycles. The van der Waals surface area contributed by atoms with Crippen LogP contribution in [-0.4, -0.2) is 45.5 Å². The van der Waals surface area contributed by atoms with Crippen LogP contribution in [0.3, 0.4) is 0 Å². The van der Waals surface area contributed by atoms with Crippen molar-refractivity contribution in [2.75, 3.05) is 0 Å². The van der Waals surface area contributed by atoms with Gasteiger partial charge in [0, 0.05) is 5.57 Å². The lowest BCUT2D eigenvalue weighted by Crippen LogP contribution is -2.67. The zero-order valence-corrected chi connectivity index (χ0v) is 22.4. The molecule has 0 bridgehead atoms. The summed E-state index contributed by atoms with van der Waals surface area (Å²) in [5.74, 6) is -0.597. The van der Waals surface area contributed by atoms with Crippen molar-refractivity contribution in [1.29, 1.82) is 0 Å². The van der Waals surface area contributed by atoms with Crippen LogP contribution in [0.15, 0.2) is 12.2 Å². The minimum atomic E-state index is -3.28. The molecule has 0 spiro atoms. The van der Waals surface area contributed by atoms with Crippen LogP contribution in [0.5, 0.6) is 0 Å². The van der Waals surface area contributed by atoms with E-state index in [4.69, 9.17) is 22.1 Å². The molecule has 0 aromatic carbocycles. The first-order chi connectivity index (χ1) is 11.4. The maximum absolute atomic E-state index is 11.8. The molecule has 0 fully saturated rings. The van der Waals surface area contributed by atoms with Gasteiger partial charge in [-0.3, -0.25) is 4.89 Å². The van der Waals surface area contributed by atoms with Gasteiger partial charge in [0.15, 0.2) is 30.7 Å². The third kappa shape index (κ3) is 10.3. The Bertz CT molecular complexity index is 450. The fourth-order valence-corrected chi connectivity index (χ4v) is 16.2. The summed E-state index contributed by atoms with van der Waals surface area (Å²) in [7, 11) is -9.37. The molecule has 0 aliphatic rings. The normalized spacial score (nSPS) is 14.9. The molecule has 10 heteroatoms. The number of rotatable bonds is 11. The summed E-state index contributed by atoms with van der Waals surface area (Å²) in [6.07, 6.45) is 0.551. The predicted octanol–water partition coefficient (Wildman–Crippen LogP) is 4.85. The van der Waals surface area contributed by atoms with Gasteiger partial charge in [0.1, 0.15) is 0 Å². The van der Waals surface area contributed by atoms with Crippen molar-refractivity contribution in [2.24, 2.45) is 0 Å². The van der Waals surface area contributed by atoms with E-state index in [1.807, 2.05) is 6.92 Å². The first-order valence-electron chi connectivity index (χ1n) is 9.04. The lowest BCUT2D eigenvalue weighted by Gasteiger charge is -2.45. The van der Waals surface area contributed by atoms with E-state index >= 15 is 0 Å². The molecule has 6 nitrogen and oxygen atoms in total. The van der Waals surface area contributed by atoms with Crippen molar-refractivity contribution in [3.63, 3.8) is 0 Å². The molecule has 0 aromatic heterocycles. The summed E-state index contributed by atoms with van der Waals surface area (Å²) in [5, 5.41) is 0. The fourth-order valence-electron chi connectivity index (χ4n) is 2.09. The largest absolute Gasteiger partial charge is 0.504 e. The topological polar surface area (TPSA) is 63.2 Å². The van der Waals surface area contributed by atoms with Crippen LogP contribution >= 0.6 is 0 Å². The maximum atomic E-state index is 11.8. The van der Waals surface area contributed by atoms with Gasteiger partial charge in [0.25, 0.3) is 0 Å². The summed E-state index contributed by atoms with van der Waals surface area (Å²) < 4.78 is 19.8. The van der Waals surface area contributed by atoms with Gasteiger partial charge in [-0.2, -0.15) is 4.89 Å². The first-order valence-corrected chi connectivity index (χ1v) is 21.1. The van der Waals surface area contributed by atoms with Crippen LogP contribution in [0.25, 0.3) is 0 Å². The Morgan fingerprint density at radius 3 is 1.42 bits per heavy atom. The molecule has 1 unspecified atom stereocenters. The number of hydrogen-bond acceptors (Lipinski definition) is 6. The molecule has 0 heterocycles. The maximum Gasteiger partial charge on any atom is 0.504 e. The van der Waals surface area contributed by atoms with Crippen molar-refractivity contribution in [3.05, 3.63) is 12.2 Å².